The predicted molar refractivity (Wildman–Crippen MR) is 524 cm³/mol. The molecule has 109 heavy (non-hydrogen) atoms. The second kappa shape index (κ2) is 58.7. The Morgan fingerprint density at radius 3 is 1.19 bits per heavy atom. The summed E-state index contributed by atoms with van der Waals surface area (Å²) in [7, 11) is 1.97. The number of carbonyl (C=O) groups excluding carboxylic acids is 9. The van der Waals surface area contributed by atoms with Crippen LogP contribution in [-0.4, -0.2) is 139 Å². The number of carbonyl (C=O) groups is 10. The molecule has 0 saturated carbocycles. The molecule has 2 aliphatic rings. The molecular weight excluding hydrogens is 3070 g/mol. The number of fused-ring (bicyclic) bond motifs is 5. The van der Waals surface area contributed by atoms with Crippen LogP contribution in [0.2, 0.25) is 0 Å². The first kappa shape index (κ1) is 107. The van der Waals surface area contributed by atoms with Crippen molar-refractivity contribution in [3.05, 3.63) is 188 Å². The maximum atomic E-state index is 13.0. The Kier molecular flexibility index (Phi) is 57.6. The average molecular weight is 3150 g/mol. The Morgan fingerprint density at radius 1 is 0.523 bits per heavy atom. The standard InChI is InChI=1S/C17H19N3O3.C13H14O4.C12H12N2O2.C11H10N2O3.C10H9BrO3.C6H10O3.I5.I4.I3.I2/c1-2-15-14-7-10(3-6-13(14)16(21)19-18-15)17(22)20-11-4-5-12(20)9-23-8-11;1-4-12(15)11-7-9(8(2)14)5-6-10(11)13(16)17-3;1-3-11-10-6-8(7(2)15)4-5-9(10)12(16)14-13-11;1-2-9-8-5-6(11(15)16)3-4-7(8)10(14)13-12-9;1-6(12)7-3-4-8(9(11)5-7)10(13)14-2;1-3-5(7)9-6(8)4-2;1-4-5(2)3;1-4(2)3;1-3-2;1-2/h3,6-7,11-12H,2,4-5,8-9H2,1H3,(H,19,21);5-7H,4H2,1-3H3;4-6H,3H2,1-2H3,(H,14,16);3-5H,2H2,1H3,(H,13,14)(H,15,16);3-5H,1-2H3;3-4H2,1-2H3;;;;/q;;;;;;-1;;-1;. The third-order valence-electron chi connectivity index (χ3n) is 15.1. The van der Waals surface area contributed by atoms with Gasteiger partial charge in [-0.05, 0) is 142 Å². The summed E-state index contributed by atoms with van der Waals surface area (Å²) in [6.45, 7) is 16.5. The van der Waals surface area contributed by atoms with Crippen LogP contribution in [0.25, 0.3) is 32.3 Å². The first-order chi connectivity index (χ1) is 51.6. The van der Waals surface area contributed by atoms with E-state index in [4.69, 9.17) is 9.84 Å². The van der Waals surface area contributed by atoms with E-state index in [1.54, 1.807) is 69.3 Å². The molecule has 5 heterocycles. The summed E-state index contributed by atoms with van der Waals surface area (Å²) in [4.78, 5) is 149. The number of halogens is 15. The van der Waals surface area contributed by atoms with Crippen molar-refractivity contribution in [1.82, 2.24) is 35.5 Å². The van der Waals surface area contributed by atoms with Crippen LogP contribution in [0.1, 0.15) is 194 Å². The molecule has 2 fully saturated rings. The van der Waals surface area contributed by atoms with Gasteiger partial charge in [0.15, 0.2) is 23.1 Å². The number of nitrogens with one attached hydrogen (secondary N) is 3. The number of aromatic amines is 3. The van der Waals surface area contributed by atoms with E-state index in [2.05, 4.69) is 247 Å². The van der Waals surface area contributed by atoms with Crippen LogP contribution in [0.5, 0.6) is 0 Å². The summed E-state index contributed by atoms with van der Waals surface area (Å²) in [6, 6.07) is 24.3. The molecule has 2 aliphatic heterocycles. The van der Waals surface area contributed by atoms with E-state index in [0.29, 0.717) is 119 Å². The van der Waals surface area contributed by atoms with Crippen molar-refractivity contribution in [2.75, 3.05) is 27.4 Å². The van der Waals surface area contributed by atoms with Crippen LogP contribution in [0, 0.1) is 0 Å². The van der Waals surface area contributed by atoms with Crippen LogP contribution >= 0.6 is 218 Å². The van der Waals surface area contributed by atoms with Crippen LogP contribution in [0.15, 0.2) is 110 Å². The zero-order chi connectivity index (χ0) is 82.9. The minimum absolute atomic E-state index is 0.00997. The number of methoxy groups -OCH3 is 2. The zero-order valence-corrected chi connectivity index (χ0v) is 91.5. The molecule has 5 aromatic carbocycles. The molecule has 2 unspecified atom stereocenters. The van der Waals surface area contributed by atoms with Gasteiger partial charge in [0.2, 0.25) is 0 Å². The van der Waals surface area contributed by atoms with Gasteiger partial charge in [0.1, 0.15) is 0 Å². The number of aryl methyl sites for hydroxylation is 3. The van der Waals surface area contributed by atoms with Crippen molar-refractivity contribution in [2.45, 2.75) is 126 Å². The molecule has 10 rings (SSSR count). The molecule has 40 heteroatoms. The van der Waals surface area contributed by atoms with Crippen LogP contribution in [0.3, 0.4) is 0 Å². The molecule has 0 aliphatic carbocycles. The number of aromatic carboxylic acids is 1. The fourth-order valence-electron chi connectivity index (χ4n) is 9.82. The minimum atomic E-state index is -1.01. The van der Waals surface area contributed by atoms with E-state index in [0.717, 1.165) is 35.0 Å². The molecule has 1 amide bonds. The summed E-state index contributed by atoms with van der Waals surface area (Å²) < 4.78 is 19.5. The summed E-state index contributed by atoms with van der Waals surface area (Å²) in [6.07, 6.45) is 4.85. The average Bonchev–Trinajstić information content (AvgIpc) is 1.77. The van der Waals surface area contributed by atoms with Crippen molar-refractivity contribution in [3.8, 4) is 0 Å². The number of morpholine rings is 1. The molecule has 600 valence electrons. The predicted octanol–water partition coefficient (Wildman–Crippen LogP) is 14.6. The summed E-state index contributed by atoms with van der Waals surface area (Å²) in [5, 5.41) is 32.0. The molecule has 8 aromatic rings. The van der Waals surface area contributed by atoms with Gasteiger partial charge in [-0.1, -0.05) is 59.7 Å². The number of hydrogen-bond donors (Lipinski definition) is 4. The van der Waals surface area contributed by atoms with Gasteiger partial charge in [0, 0.05) is 105 Å². The zero-order valence-electron chi connectivity index (χ0n) is 59.7. The fraction of sp³-hybridized carbons (Fsp3) is 0.333. The Morgan fingerprint density at radius 2 is 0.853 bits per heavy atom. The van der Waals surface area contributed by atoms with E-state index in [9.17, 15) is 62.3 Å². The number of nitrogens with zero attached hydrogens (tertiary/aromatic N) is 4. The van der Waals surface area contributed by atoms with Crippen LogP contribution in [-0.2, 0) is 47.8 Å². The number of hydrogen-bond acceptors (Lipinski definition) is 20. The normalized spacial score (nSPS) is 12.8. The summed E-state index contributed by atoms with van der Waals surface area (Å²) in [5.41, 5.74) is 4.78. The van der Waals surface area contributed by atoms with E-state index < -0.39 is 29.8 Å². The number of amides is 1. The Labute approximate surface area is 770 Å². The number of carboxylic acid groups (broad SMARTS) is 1. The number of rotatable bonds is 15. The topological polar surface area (TPSA) is 368 Å². The van der Waals surface area contributed by atoms with Gasteiger partial charge >= 0.3 is 221 Å². The number of Topliss-reactive ketones (excluding diaryl/α,β-unsaturated/α-hetero) is 4. The quantitative estimate of drug-likeness (QED) is 0.0243. The Balaban J connectivity index is 0.000000641. The maximum absolute atomic E-state index is 13.0. The molecule has 3 aromatic heterocycles. The number of H-pyrrole nitrogens is 3. The molecular formula is C69H74BrI14N7O18-2. The summed E-state index contributed by atoms with van der Waals surface area (Å²) in [5.74, 6) is -3.27. The van der Waals surface area contributed by atoms with Gasteiger partial charge in [-0.25, -0.2) is 29.7 Å². The van der Waals surface area contributed by atoms with Crippen LogP contribution in [0.4, 0.5) is 0 Å². The first-order valence-electron chi connectivity index (χ1n) is 31.7. The second-order valence-corrected chi connectivity index (χ2v) is 152. The van der Waals surface area contributed by atoms with E-state index in [-0.39, 0.29) is 110 Å². The van der Waals surface area contributed by atoms with E-state index in [1.807, 2.05) is 31.7 Å². The van der Waals surface area contributed by atoms with E-state index >= 15 is 0 Å². The van der Waals surface area contributed by atoms with Crippen LogP contribution < -0.4 is 43.2 Å². The summed E-state index contributed by atoms with van der Waals surface area (Å²) >= 11 is 28.5. The number of ketones is 4. The fourth-order valence-corrected chi connectivity index (χ4v) is 10.4. The van der Waals surface area contributed by atoms with Gasteiger partial charge in [-0.15, -0.1) is 0 Å². The van der Waals surface area contributed by atoms with Crippen molar-refractivity contribution >= 4 is 309 Å². The monoisotopic (exact) mass is 3140 g/mol. The number of benzene rings is 5. The van der Waals surface area contributed by atoms with Crippen molar-refractivity contribution in [3.63, 3.8) is 0 Å². The third-order valence-corrected chi connectivity index (χ3v) is 98.3. The number of aromatic nitrogens is 6. The van der Waals surface area contributed by atoms with Crippen molar-refractivity contribution < 1.29 is 98.5 Å². The van der Waals surface area contributed by atoms with Crippen molar-refractivity contribution in [2.24, 2.45) is 0 Å². The molecule has 0 spiro atoms. The number of carboxylic acids is 1. The molecule has 2 saturated heterocycles. The van der Waals surface area contributed by atoms with Gasteiger partial charge < -0.3 is 29.0 Å². The SMILES string of the molecule is CCC(=O)OC(=O)CC.CCC(=O)c1cc(C(C)=O)ccc1C(=O)OC.CCc1n[nH]c(=O)c2ccc(C(=O)N3C4CCC3COC4)cc12.CCc1n[nH]c(=O)c2ccc(C(=O)O)cc12.CCc1n[nH]c(=O)c2ccc(C(C)=O)cc12.COC(=O)c1ccc(C(C)=O)cc1Br.II.II(I)I.I[I-]I.I[I-]I(I)I. The number of ether oxygens (including phenoxy) is 4. The number of esters is 4. The van der Waals surface area contributed by atoms with Gasteiger partial charge in [-0.3, -0.25) is 47.9 Å². The van der Waals surface area contributed by atoms with E-state index in [1.165, 1.54) is 71.4 Å². The molecule has 25 nitrogen and oxygen atoms in total. The Bertz CT molecular complexity index is 4490. The molecule has 2 atom stereocenters. The third kappa shape index (κ3) is 37.0. The van der Waals surface area contributed by atoms with Gasteiger partial charge in [0.25, 0.3) is 22.6 Å². The molecule has 4 N–H and O–H groups in total. The van der Waals surface area contributed by atoms with Crippen molar-refractivity contribution in [1.29, 1.82) is 0 Å². The van der Waals surface area contributed by atoms with Gasteiger partial charge in [-0.2, -0.15) is 15.3 Å². The van der Waals surface area contributed by atoms with Gasteiger partial charge in [0.05, 0.1) is 89.4 Å². The molecule has 0 radical (unpaired) electrons. The Hall–Kier alpha value is -0.120. The molecule has 2 bridgehead atoms. The first-order valence-corrected chi connectivity index (χ1v) is 95.4. The second-order valence-electron chi connectivity index (χ2n) is 21.6.